The highest BCUT2D eigenvalue weighted by atomic mass is 32.1. The first-order valence-electron chi connectivity index (χ1n) is 10.7. The number of benzene rings is 1. The Bertz CT molecular complexity index is 1210. The first-order chi connectivity index (χ1) is 15.6. The first-order valence-corrected chi connectivity index (χ1v) is 11.5. The maximum absolute atomic E-state index is 13.5. The van der Waals surface area contributed by atoms with Gasteiger partial charge in [0.1, 0.15) is 0 Å². The molecule has 0 radical (unpaired) electrons. The molecule has 0 bridgehead atoms. The number of hydrogen-bond donors (Lipinski definition) is 2. The second kappa shape index (κ2) is 8.55. The summed E-state index contributed by atoms with van der Waals surface area (Å²) in [4.78, 5) is 32.7. The van der Waals surface area contributed by atoms with E-state index in [-0.39, 0.29) is 17.6 Å². The van der Waals surface area contributed by atoms with E-state index in [1.54, 1.807) is 17.5 Å². The topological polar surface area (TPSA) is 71.1 Å². The highest BCUT2D eigenvalue weighted by molar-refractivity contribution is 7.10. The van der Waals surface area contributed by atoms with Crippen molar-refractivity contribution in [3.05, 3.63) is 105 Å². The molecular formula is C26H23N3O2S. The fraction of sp³-hybridized carbons (Fsp3) is 0.192. The van der Waals surface area contributed by atoms with E-state index in [0.29, 0.717) is 28.9 Å². The van der Waals surface area contributed by atoms with E-state index in [1.807, 2.05) is 66.9 Å². The van der Waals surface area contributed by atoms with E-state index in [9.17, 15) is 9.59 Å². The Labute approximate surface area is 190 Å². The monoisotopic (exact) mass is 441 g/mol. The van der Waals surface area contributed by atoms with Crippen LogP contribution >= 0.6 is 11.3 Å². The number of allylic oxidation sites excluding steroid dienone is 3. The zero-order valence-electron chi connectivity index (χ0n) is 17.7. The van der Waals surface area contributed by atoms with Gasteiger partial charge in [0.15, 0.2) is 5.78 Å². The highest BCUT2D eigenvalue weighted by Crippen LogP contribution is 2.45. The first kappa shape index (κ1) is 20.4. The third kappa shape index (κ3) is 3.78. The number of pyridine rings is 1. The van der Waals surface area contributed by atoms with Crippen molar-refractivity contribution >= 4 is 28.7 Å². The molecule has 5 rings (SSSR count). The number of thiophene rings is 1. The van der Waals surface area contributed by atoms with Gasteiger partial charge in [-0.2, -0.15) is 0 Å². The summed E-state index contributed by atoms with van der Waals surface area (Å²) in [6, 6.07) is 19.1. The summed E-state index contributed by atoms with van der Waals surface area (Å²) >= 11 is 1.68. The molecular weight excluding hydrogens is 418 g/mol. The number of nitrogens with one attached hydrogen (secondary N) is 2. The number of dihydropyridines is 1. The molecule has 0 saturated heterocycles. The van der Waals surface area contributed by atoms with Crippen LogP contribution in [0.15, 0.2) is 94.8 Å². The van der Waals surface area contributed by atoms with Gasteiger partial charge in [-0.25, -0.2) is 0 Å². The van der Waals surface area contributed by atoms with Crippen LogP contribution < -0.4 is 10.6 Å². The van der Waals surface area contributed by atoms with Crippen LogP contribution in [0, 0.1) is 0 Å². The predicted octanol–water partition coefficient (Wildman–Crippen LogP) is 5.14. The number of carbonyl (C=O) groups excluding carboxylic acids is 2. The van der Waals surface area contributed by atoms with Crippen LogP contribution in [0.4, 0.5) is 5.69 Å². The fourth-order valence-electron chi connectivity index (χ4n) is 4.63. The minimum atomic E-state index is -0.493. The standard InChI is InChI=1S/C26H23N3O2S/c1-16-23(26(31)29-18-8-3-2-4-9-18)25(19-10-5-6-12-27-19)24-20(28-16)14-17(15-21(24)30)22-11-7-13-32-22/h2-13,17,25,28H,14-15H2,1H3,(H,29,31)/t17-,25-/m0/s1. The van der Waals surface area contributed by atoms with Crippen molar-refractivity contribution in [2.75, 3.05) is 5.32 Å². The van der Waals surface area contributed by atoms with Crippen molar-refractivity contribution in [2.45, 2.75) is 31.6 Å². The van der Waals surface area contributed by atoms with E-state index in [4.69, 9.17) is 0 Å². The number of Topliss-reactive ketones (excluding diaryl/α,β-unsaturated/α-hetero) is 1. The van der Waals surface area contributed by atoms with Crippen molar-refractivity contribution in [3.8, 4) is 0 Å². The van der Waals surface area contributed by atoms with Crippen LogP contribution in [0.25, 0.3) is 0 Å². The lowest BCUT2D eigenvalue weighted by atomic mass is 9.73. The Morgan fingerprint density at radius 3 is 2.59 bits per heavy atom. The Balaban J connectivity index is 1.56. The normalized spacial score (nSPS) is 20.6. The average Bonchev–Trinajstić information content (AvgIpc) is 3.34. The van der Waals surface area contributed by atoms with Gasteiger partial charge in [-0.1, -0.05) is 30.3 Å². The molecule has 2 aromatic heterocycles. The van der Waals surface area contributed by atoms with Gasteiger partial charge < -0.3 is 10.6 Å². The lowest BCUT2D eigenvalue weighted by molar-refractivity contribution is -0.116. The Morgan fingerprint density at radius 2 is 1.88 bits per heavy atom. The maximum atomic E-state index is 13.5. The van der Waals surface area contributed by atoms with Crippen LogP contribution in [0.5, 0.6) is 0 Å². The number of anilines is 1. The third-order valence-corrected chi connectivity index (χ3v) is 7.07. The third-order valence-electron chi connectivity index (χ3n) is 6.03. The quantitative estimate of drug-likeness (QED) is 0.588. The van der Waals surface area contributed by atoms with Gasteiger partial charge in [0.25, 0.3) is 5.91 Å². The molecule has 0 saturated carbocycles. The molecule has 3 aromatic rings. The summed E-state index contributed by atoms with van der Waals surface area (Å²) in [6.45, 7) is 1.90. The van der Waals surface area contributed by atoms with Gasteiger partial charge in [-0.15, -0.1) is 11.3 Å². The Kier molecular flexibility index (Phi) is 5.45. The summed E-state index contributed by atoms with van der Waals surface area (Å²) in [5.74, 6) is -0.486. The van der Waals surface area contributed by atoms with Gasteiger partial charge in [-0.05, 0) is 49.1 Å². The van der Waals surface area contributed by atoms with Crippen LogP contribution in [0.2, 0.25) is 0 Å². The van der Waals surface area contributed by atoms with E-state index >= 15 is 0 Å². The minimum absolute atomic E-state index is 0.0744. The molecule has 3 heterocycles. The number of nitrogens with zero attached hydrogens (tertiary/aromatic N) is 1. The van der Waals surface area contributed by atoms with Crippen molar-refractivity contribution < 1.29 is 9.59 Å². The molecule has 6 heteroatoms. The maximum Gasteiger partial charge on any atom is 0.254 e. The number of para-hydroxylation sites is 1. The average molecular weight is 442 g/mol. The van der Waals surface area contributed by atoms with E-state index in [1.165, 1.54) is 4.88 Å². The molecule has 1 aliphatic carbocycles. The molecule has 32 heavy (non-hydrogen) atoms. The second-order valence-electron chi connectivity index (χ2n) is 8.11. The second-order valence-corrected chi connectivity index (χ2v) is 9.09. The van der Waals surface area contributed by atoms with E-state index in [0.717, 1.165) is 17.8 Å². The van der Waals surface area contributed by atoms with Crippen LogP contribution in [0.3, 0.4) is 0 Å². The summed E-state index contributed by atoms with van der Waals surface area (Å²) in [5.41, 5.74) is 4.29. The fourth-order valence-corrected chi connectivity index (χ4v) is 5.46. The van der Waals surface area contributed by atoms with Crippen molar-refractivity contribution in [3.63, 3.8) is 0 Å². The van der Waals surface area contributed by atoms with Gasteiger partial charge >= 0.3 is 0 Å². The molecule has 0 fully saturated rings. The summed E-state index contributed by atoms with van der Waals surface area (Å²) in [6.07, 6.45) is 2.90. The lowest BCUT2D eigenvalue weighted by Gasteiger charge is -2.36. The number of rotatable bonds is 4. The van der Waals surface area contributed by atoms with E-state index < -0.39 is 5.92 Å². The number of ketones is 1. The van der Waals surface area contributed by atoms with Crippen molar-refractivity contribution in [2.24, 2.45) is 0 Å². The molecule has 1 aliphatic heterocycles. The summed E-state index contributed by atoms with van der Waals surface area (Å²) in [7, 11) is 0. The van der Waals surface area contributed by atoms with Crippen LogP contribution in [0.1, 0.15) is 42.2 Å². The number of carbonyl (C=O) groups is 2. The molecule has 0 unspecified atom stereocenters. The zero-order chi connectivity index (χ0) is 22.1. The minimum Gasteiger partial charge on any atom is -0.362 e. The Morgan fingerprint density at radius 1 is 1.06 bits per heavy atom. The van der Waals surface area contributed by atoms with Gasteiger partial charge in [0.05, 0.1) is 11.6 Å². The molecule has 2 aliphatic rings. The van der Waals surface area contributed by atoms with Gasteiger partial charge in [0, 0.05) is 51.6 Å². The largest absolute Gasteiger partial charge is 0.362 e. The van der Waals surface area contributed by atoms with Crippen molar-refractivity contribution in [1.29, 1.82) is 0 Å². The molecule has 5 nitrogen and oxygen atoms in total. The van der Waals surface area contributed by atoms with Crippen molar-refractivity contribution in [1.82, 2.24) is 10.3 Å². The number of amides is 1. The zero-order valence-corrected chi connectivity index (χ0v) is 18.5. The highest BCUT2D eigenvalue weighted by Gasteiger charge is 2.41. The smallest absolute Gasteiger partial charge is 0.254 e. The summed E-state index contributed by atoms with van der Waals surface area (Å²) in [5, 5.41) is 8.45. The molecule has 160 valence electrons. The molecule has 2 atom stereocenters. The molecule has 1 aromatic carbocycles. The molecule has 1 amide bonds. The van der Waals surface area contributed by atoms with Crippen LogP contribution in [-0.4, -0.2) is 16.7 Å². The Hall–Kier alpha value is -3.51. The SMILES string of the molecule is CC1=C(C(=O)Nc2ccccc2)[C@H](c2ccccn2)C2=C(C[C@H](c3cccs3)CC2=O)N1. The summed E-state index contributed by atoms with van der Waals surface area (Å²) < 4.78 is 0. The van der Waals surface area contributed by atoms with Gasteiger partial charge in [-0.3, -0.25) is 14.6 Å². The predicted molar refractivity (Wildman–Crippen MR) is 126 cm³/mol. The van der Waals surface area contributed by atoms with Gasteiger partial charge in [0.2, 0.25) is 0 Å². The van der Waals surface area contributed by atoms with Crippen LogP contribution in [-0.2, 0) is 9.59 Å². The number of hydrogen-bond acceptors (Lipinski definition) is 5. The molecule has 2 N–H and O–H groups in total. The lowest BCUT2D eigenvalue weighted by Crippen LogP contribution is -2.37. The van der Waals surface area contributed by atoms with E-state index in [2.05, 4.69) is 21.7 Å². The number of aromatic nitrogens is 1. The molecule has 0 spiro atoms.